The van der Waals surface area contributed by atoms with Crippen LogP contribution in [-0.4, -0.2) is 54.1 Å². The molecule has 7 heteroatoms. The van der Waals surface area contributed by atoms with E-state index in [1.165, 1.54) is 9.88 Å². The van der Waals surface area contributed by atoms with E-state index >= 15 is 0 Å². The number of nitrogens with zero attached hydrogens (tertiary/aromatic N) is 3. The fourth-order valence-electron chi connectivity index (χ4n) is 2.70. The third-order valence-electron chi connectivity index (χ3n) is 3.82. The van der Waals surface area contributed by atoms with Crippen molar-refractivity contribution in [1.82, 2.24) is 20.5 Å². The molecule has 0 fully saturated rings. The van der Waals surface area contributed by atoms with Crippen molar-refractivity contribution in [2.45, 2.75) is 66.5 Å². The van der Waals surface area contributed by atoms with E-state index in [9.17, 15) is 0 Å². The molecule has 0 atom stereocenters. The number of aryl methyl sites for hydroxylation is 1. The molecule has 0 aliphatic rings. The molecule has 0 unspecified atom stereocenters. The topological polar surface area (TPSA) is 52.6 Å². The van der Waals surface area contributed by atoms with Gasteiger partial charge in [0.25, 0.3) is 0 Å². The predicted octanol–water partition coefficient (Wildman–Crippen LogP) is 3.68. The Morgan fingerprint density at radius 2 is 1.92 bits per heavy atom. The minimum atomic E-state index is 0. The monoisotopic (exact) mass is 481 g/mol. The number of hydrogen-bond acceptors (Lipinski definition) is 4. The molecule has 0 spiro atoms. The van der Waals surface area contributed by atoms with E-state index < -0.39 is 0 Å². The summed E-state index contributed by atoms with van der Waals surface area (Å²) in [5.74, 6) is 0.909. The summed E-state index contributed by atoms with van der Waals surface area (Å²) in [4.78, 5) is 12.9. The first-order chi connectivity index (χ1) is 11.4. The number of hydrogen-bond donors (Lipinski definition) is 2. The van der Waals surface area contributed by atoms with E-state index in [-0.39, 0.29) is 24.0 Å². The van der Waals surface area contributed by atoms with Crippen LogP contribution in [0.25, 0.3) is 0 Å². The first-order valence-electron chi connectivity index (χ1n) is 9.13. The fraction of sp³-hybridized carbons (Fsp3) is 0.778. The maximum Gasteiger partial charge on any atom is 0.191 e. The zero-order chi connectivity index (χ0) is 17.9. The summed E-state index contributed by atoms with van der Waals surface area (Å²) in [7, 11) is 0. The van der Waals surface area contributed by atoms with Gasteiger partial charge in [-0.2, -0.15) is 0 Å². The van der Waals surface area contributed by atoms with Gasteiger partial charge < -0.3 is 10.6 Å². The summed E-state index contributed by atoms with van der Waals surface area (Å²) in [5, 5.41) is 7.90. The van der Waals surface area contributed by atoms with Crippen LogP contribution in [0.5, 0.6) is 0 Å². The SMILES string of the molecule is CCNC(=NCCCN(C(C)C)C(C)C)NCCc1ncc(C)s1.I. The van der Waals surface area contributed by atoms with Crippen LogP contribution in [0.4, 0.5) is 0 Å². The maximum absolute atomic E-state index is 4.69. The first kappa shape index (κ1) is 24.6. The Bertz CT molecular complexity index is 480. The van der Waals surface area contributed by atoms with E-state index in [0.29, 0.717) is 12.1 Å². The largest absolute Gasteiger partial charge is 0.357 e. The standard InChI is InChI=1S/C18H35N5S.HI/c1-7-19-18(21-11-9-17-22-13-16(6)24-17)20-10-8-12-23(14(2)3)15(4)5;/h13-15H,7-12H2,1-6H3,(H2,19,20,21);1H. The molecule has 0 aromatic carbocycles. The minimum absolute atomic E-state index is 0. The summed E-state index contributed by atoms with van der Waals surface area (Å²) in [6, 6.07) is 1.17. The lowest BCUT2D eigenvalue weighted by Gasteiger charge is -2.30. The van der Waals surface area contributed by atoms with E-state index in [1.54, 1.807) is 11.3 Å². The molecule has 0 aliphatic heterocycles. The molecule has 0 radical (unpaired) electrons. The third-order valence-corrected chi connectivity index (χ3v) is 4.79. The van der Waals surface area contributed by atoms with Crippen molar-refractivity contribution in [3.63, 3.8) is 0 Å². The Morgan fingerprint density at radius 1 is 1.24 bits per heavy atom. The number of aliphatic imine (C=N–C) groups is 1. The van der Waals surface area contributed by atoms with Gasteiger partial charge in [0.15, 0.2) is 5.96 Å². The number of rotatable bonds is 10. The van der Waals surface area contributed by atoms with Gasteiger partial charge in [-0.15, -0.1) is 35.3 Å². The highest BCUT2D eigenvalue weighted by Crippen LogP contribution is 2.10. The molecule has 1 aromatic rings. The van der Waals surface area contributed by atoms with E-state index in [0.717, 1.165) is 45.0 Å². The van der Waals surface area contributed by atoms with Crippen LogP contribution < -0.4 is 10.6 Å². The maximum atomic E-state index is 4.69. The van der Waals surface area contributed by atoms with Crippen LogP contribution in [0.3, 0.4) is 0 Å². The Labute approximate surface area is 175 Å². The fourth-order valence-corrected chi connectivity index (χ4v) is 3.49. The Hall–Kier alpha value is -0.410. The summed E-state index contributed by atoms with van der Waals surface area (Å²) < 4.78 is 0. The number of guanidine groups is 1. The number of aromatic nitrogens is 1. The predicted molar refractivity (Wildman–Crippen MR) is 122 cm³/mol. The molecule has 0 bridgehead atoms. The van der Waals surface area contributed by atoms with Crippen LogP contribution >= 0.6 is 35.3 Å². The Balaban J connectivity index is 0.00000576. The quantitative estimate of drug-likeness (QED) is 0.232. The Kier molecular flexibility index (Phi) is 13.5. The molecule has 2 N–H and O–H groups in total. The van der Waals surface area contributed by atoms with Gasteiger partial charge in [0, 0.05) is 55.8 Å². The normalized spacial score (nSPS) is 12.0. The van der Waals surface area contributed by atoms with Crippen LogP contribution in [0, 0.1) is 6.92 Å². The zero-order valence-corrected chi connectivity index (χ0v) is 19.8. The van der Waals surface area contributed by atoms with E-state index in [4.69, 9.17) is 4.99 Å². The second kappa shape index (κ2) is 13.7. The van der Waals surface area contributed by atoms with Crippen LogP contribution in [0.2, 0.25) is 0 Å². The number of thiazole rings is 1. The lowest BCUT2D eigenvalue weighted by molar-refractivity contribution is 0.174. The highest BCUT2D eigenvalue weighted by atomic mass is 127. The minimum Gasteiger partial charge on any atom is -0.357 e. The molecule has 0 saturated heterocycles. The van der Waals surface area contributed by atoms with Gasteiger partial charge in [0.2, 0.25) is 0 Å². The number of nitrogens with one attached hydrogen (secondary N) is 2. The average molecular weight is 481 g/mol. The molecule has 0 saturated carbocycles. The molecular formula is C18H36IN5S. The van der Waals surface area contributed by atoms with Crippen LogP contribution in [-0.2, 0) is 6.42 Å². The van der Waals surface area contributed by atoms with E-state index in [2.05, 4.69) is 62.1 Å². The summed E-state index contributed by atoms with van der Waals surface area (Å²) in [6.07, 6.45) is 3.96. The molecule has 0 amide bonds. The zero-order valence-electron chi connectivity index (χ0n) is 16.6. The molecule has 1 heterocycles. The Morgan fingerprint density at radius 3 is 2.44 bits per heavy atom. The van der Waals surface area contributed by atoms with Crippen molar-refractivity contribution in [3.05, 3.63) is 16.1 Å². The molecule has 5 nitrogen and oxygen atoms in total. The van der Waals surface area contributed by atoms with Crippen LogP contribution in [0.1, 0.15) is 50.9 Å². The third kappa shape index (κ3) is 10.4. The summed E-state index contributed by atoms with van der Waals surface area (Å²) in [5.41, 5.74) is 0. The summed E-state index contributed by atoms with van der Waals surface area (Å²) >= 11 is 1.77. The highest BCUT2D eigenvalue weighted by molar-refractivity contribution is 14.0. The van der Waals surface area contributed by atoms with Crippen molar-refractivity contribution >= 4 is 41.3 Å². The molecule has 0 aliphatic carbocycles. The van der Waals surface area contributed by atoms with Crippen molar-refractivity contribution in [2.75, 3.05) is 26.2 Å². The second-order valence-electron chi connectivity index (χ2n) is 6.58. The smallest absolute Gasteiger partial charge is 0.191 e. The van der Waals surface area contributed by atoms with Gasteiger partial charge in [-0.25, -0.2) is 4.98 Å². The number of halogens is 1. The molecular weight excluding hydrogens is 445 g/mol. The lowest BCUT2D eigenvalue weighted by Crippen LogP contribution is -2.39. The molecule has 1 rings (SSSR count). The van der Waals surface area contributed by atoms with Gasteiger partial charge in [-0.3, -0.25) is 9.89 Å². The van der Waals surface area contributed by atoms with E-state index in [1.807, 2.05) is 6.20 Å². The molecule has 146 valence electrons. The summed E-state index contributed by atoms with van der Waals surface area (Å²) in [6.45, 7) is 16.9. The van der Waals surface area contributed by atoms with Gasteiger partial charge in [-0.1, -0.05) is 0 Å². The van der Waals surface area contributed by atoms with Crippen LogP contribution in [0.15, 0.2) is 11.2 Å². The molecule has 25 heavy (non-hydrogen) atoms. The van der Waals surface area contributed by atoms with Crippen molar-refractivity contribution in [1.29, 1.82) is 0 Å². The van der Waals surface area contributed by atoms with Crippen molar-refractivity contribution in [2.24, 2.45) is 4.99 Å². The lowest BCUT2D eigenvalue weighted by atomic mass is 10.2. The van der Waals surface area contributed by atoms with Gasteiger partial charge in [0.05, 0.1) is 5.01 Å². The molecule has 1 aromatic heterocycles. The average Bonchev–Trinajstić information content (AvgIpc) is 2.91. The van der Waals surface area contributed by atoms with Gasteiger partial charge >= 0.3 is 0 Å². The van der Waals surface area contributed by atoms with Gasteiger partial charge in [0.1, 0.15) is 0 Å². The van der Waals surface area contributed by atoms with Crippen molar-refractivity contribution in [3.8, 4) is 0 Å². The van der Waals surface area contributed by atoms with Crippen molar-refractivity contribution < 1.29 is 0 Å². The first-order valence-corrected chi connectivity index (χ1v) is 9.94. The highest BCUT2D eigenvalue weighted by Gasteiger charge is 2.12. The second-order valence-corrected chi connectivity index (χ2v) is 7.90. The van der Waals surface area contributed by atoms with Gasteiger partial charge in [-0.05, 0) is 48.0 Å².